The molecule has 0 N–H and O–H groups in total. The van der Waals surface area contributed by atoms with E-state index >= 15 is 0 Å². The van der Waals surface area contributed by atoms with E-state index in [2.05, 4.69) is 6.92 Å². The van der Waals surface area contributed by atoms with Gasteiger partial charge in [-0.2, -0.15) is 0 Å². The predicted octanol–water partition coefficient (Wildman–Crippen LogP) is 3.95. The monoisotopic (exact) mass is 281 g/mol. The summed E-state index contributed by atoms with van der Waals surface area (Å²) in [5, 5.41) is 0. The van der Waals surface area contributed by atoms with E-state index in [9.17, 15) is 9.59 Å². The SMILES string of the molecule is CCCCN(C(=O)c1ccccc1)c1cccc(C=O)c1. The molecule has 2 aromatic carbocycles. The minimum absolute atomic E-state index is 0.0351. The van der Waals surface area contributed by atoms with Crippen LogP contribution in [0.15, 0.2) is 54.6 Å². The number of carbonyl (C=O) groups is 2. The van der Waals surface area contributed by atoms with Crippen LogP contribution in [0.4, 0.5) is 5.69 Å². The highest BCUT2D eigenvalue weighted by Crippen LogP contribution is 2.19. The summed E-state index contributed by atoms with van der Waals surface area (Å²) in [4.78, 5) is 25.4. The third-order valence-corrected chi connectivity index (χ3v) is 3.32. The van der Waals surface area contributed by atoms with E-state index in [0.717, 1.165) is 24.8 Å². The fourth-order valence-corrected chi connectivity index (χ4v) is 2.17. The maximum absolute atomic E-state index is 12.7. The molecule has 0 fully saturated rings. The third kappa shape index (κ3) is 3.78. The van der Waals surface area contributed by atoms with E-state index in [1.807, 2.05) is 36.4 Å². The van der Waals surface area contributed by atoms with Gasteiger partial charge in [-0.3, -0.25) is 9.59 Å². The molecule has 21 heavy (non-hydrogen) atoms. The molecular formula is C18H19NO2. The van der Waals surface area contributed by atoms with Crippen molar-refractivity contribution < 1.29 is 9.59 Å². The fraction of sp³-hybridized carbons (Fsp3) is 0.222. The smallest absolute Gasteiger partial charge is 0.258 e. The average molecular weight is 281 g/mol. The Bertz CT molecular complexity index is 608. The minimum Gasteiger partial charge on any atom is -0.308 e. The molecular weight excluding hydrogens is 262 g/mol. The number of aldehydes is 1. The third-order valence-electron chi connectivity index (χ3n) is 3.32. The fourth-order valence-electron chi connectivity index (χ4n) is 2.17. The van der Waals surface area contributed by atoms with Crippen molar-refractivity contribution in [3.63, 3.8) is 0 Å². The lowest BCUT2D eigenvalue weighted by Crippen LogP contribution is -2.32. The maximum atomic E-state index is 12.7. The van der Waals surface area contributed by atoms with Crippen LogP contribution in [0.1, 0.15) is 40.5 Å². The number of amides is 1. The van der Waals surface area contributed by atoms with Gasteiger partial charge in [0.15, 0.2) is 0 Å². The van der Waals surface area contributed by atoms with Crippen LogP contribution in [0, 0.1) is 0 Å². The Hall–Kier alpha value is -2.42. The molecule has 0 aliphatic heterocycles. The number of hydrogen-bond donors (Lipinski definition) is 0. The molecule has 0 unspecified atom stereocenters. The second-order valence-electron chi connectivity index (χ2n) is 4.89. The molecule has 0 aliphatic carbocycles. The zero-order valence-electron chi connectivity index (χ0n) is 12.2. The Morgan fingerprint density at radius 1 is 1.10 bits per heavy atom. The van der Waals surface area contributed by atoms with Gasteiger partial charge in [-0.15, -0.1) is 0 Å². The standard InChI is InChI=1S/C18H19NO2/c1-2-3-12-19(17-11-7-8-15(13-17)14-20)18(21)16-9-5-4-6-10-16/h4-11,13-14H,2-3,12H2,1H3. The molecule has 0 aliphatic rings. The number of anilines is 1. The van der Waals surface area contributed by atoms with Crippen molar-refractivity contribution in [2.24, 2.45) is 0 Å². The van der Waals surface area contributed by atoms with E-state index in [1.54, 1.807) is 23.1 Å². The van der Waals surface area contributed by atoms with E-state index in [0.29, 0.717) is 17.7 Å². The molecule has 0 spiro atoms. The van der Waals surface area contributed by atoms with Crippen LogP contribution < -0.4 is 4.90 Å². The summed E-state index contributed by atoms with van der Waals surface area (Å²) >= 11 is 0. The number of hydrogen-bond acceptors (Lipinski definition) is 2. The number of unbranched alkanes of at least 4 members (excludes halogenated alkanes) is 1. The molecule has 2 aromatic rings. The zero-order valence-corrected chi connectivity index (χ0v) is 12.2. The summed E-state index contributed by atoms with van der Waals surface area (Å²) in [5.41, 5.74) is 2.00. The van der Waals surface area contributed by atoms with Gasteiger partial charge >= 0.3 is 0 Å². The van der Waals surface area contributed by atoms with Crippen molar-refractivity contribution in [1.29, 1.82) is 0 Å². The van der Waals surface area contributed by atoms with Crippen molar-refractivity contribution in [3.8, 4) is 0 Å². The second kappa shape index (κ2) is 7.39. The van der Waals surface area contributed by atoms with Crippen LogP contribution >= 0.6 is 0 Å². The molecule has 0 aromatic heterocycles. The molecule has 0 saturated carbocycles. The largest absolute Gasteiger partial charge is 0.308 e. The number of carbonyl (C=O) groups excluding carboxylic acids is 2. The van der Waals surface area contributed by atoms with Crippen molar-refractivity contribution in [1.82, 2.24) is 0 Å². The molecule has 0 saturated heterocycles. The molecule has 1 amide bonds. The lowest BCUT2D eigenvalue weighted by atomic mass is 10.1. The topological polar surface area (TPSA) is 37.4 Å². The lowest BCUT2D eigenvalue weighted by molar-refractivity contribution is 0.0986. The Labute approximate surface area is 125 Å². The Morgan fingerprint density at radius 3 is 2.52 bits per heavy atom. The normalized spacial score (nSPS) is 10.1. The van der Waals surface area contributed by atoms with Crippen molar-refractivity contribution in [2.45, 2.75) is 19.8 Å². The number of benzene rings is 2. The Balaban J connectivity index is 2.33. The van der Waals surface area contributed by atoms with Gasteiger partial charge in [-0.1, -0.05) is 43.7 Å². The van der Waals surface area contributed by atoms with Crippen LogP contribution in [-0.4, -0.2) is 18.7 Å². The first-order valence-electron chi connectivity index (χ1n) is 7.18. The number of nitrogens with zero attached hydrogens (tertiary/aromatic N) is 1. The first-order valence-corrected chi connectivity index (χ1v) is 7.18. The summed E-state index contributed by atoms with van der Waals surface area (Å²) in [5.74, 6) is -0.0351. The van der Waals surface area contributed by atoms with Gasteiger partial charge in [-0.25, -0.2) is 0 Å². The van der Waals surface area contributed by atoms with Crippen molar-refractivity contribution >= 4 is 17.9 Å². The minimum atomic E-state index is -0.0351. The van der Waals surface area contributed by atoms with Gasteiger partial charge in [0, 0.05) is 23.4 Å². The van der Waals surface area contributed by atoms with E-state index in [-0.39, 0.29) is 5.91 Å². The predicted molar refractivity (Wildman–Crippen MR) is 84.9 cm³/mol. The summed E-state index contributed by atoms with van der Waals surface area (Å²) < 4.78 is 0. The molecule has 0 radical (unpaired) electrons. The van der Waals surface area contributed by atoms with Crippen molar-refractivity contribution in [2.75, 3.05) is 11.4 Å². The lowest BCUT2D eigenvalue weighted by Gasteiger charge is -2.23. The van der Waals surface area contributed by atoms with Gasteiger partial charge in [-0.05, 0) is 30.7 Å². The van der Waals surface area contributed by atoms with Crippen LogP contribution in [0.25, 0.3) is 0 Å². The van der Waals surface area contributed by atoms with E-state index in [1.165, 1.54) is 0 Å². The molecule has 0 heterocycles. The Kier molecular flexibility index (Phi) is 5.27. The second-order valence-corrected chi connectivity index (χ2v) is 4.89. The van der Waals surface area contributed by atoms with Gasteiger partial charge in [0.1, 0.15) is 6.29 Å². The van der Waals surface area contributed by atoms with Crippen LogP contribution in [-0.2, 0) is 0 Å². The Morgan fingerprint density at radius 2 is 1.86 bits per heavy atom. The van der Waals surface area contributed by atoms with E-state index in [4.69, 9.17) is 0 Å². The molecule has 2 rings (SSSR count). The number of rotatable bonds is 6. The average Bonchev–Trinajstić information content (AvgIpc) is 2.56. The van der Waals surface area contributed by atoms with E-state index < -0.39 is 0 Å². The highest BCUT2D eigenvalue weighted by molar-refractivity contribution is 6.06. The van der Waals surface area contributed by atoms with Crippen LogP contribution in [0.3, 0.4) is 0 Å². The molecule has 0 atom stereocenters. The van der Waals surface area contributed by atoms with Crippen LogP contribution in [0.2, 0.25) is 0 Å². The summed E-state index contributed by atoms with van der Waals surface area (Å²) in [7, 11) is 0. The first kappa shape index (κ1) is 15.0. The molecule has 108 valence electrons. The summed E-state index contributed by atoms with van der Waals surface area (Å²) in [6.07, 6.45) is 2.73. The summed E-state index contributed by atoms with van der Waals surface area (Å²) in [6.45, 7) is 2.74. The highest BCUT2D eigenvalue weighted by Gasteiger charge is 2.17. The summed E-state index contributed by atoms with van der Waals surface area (Å²) in [6, 6.07) is 16.4. The van der Waals surface area contributed by atoms with Crippen LogP contribution in [0.5, 0.6) is 0 Å². The van der Waals surface area contributed by atoms with Gasteiger partial charge in [0.25, 0.3) is 5.91 Å². The quantitative estimate of drug-likeness (QED) is 0.752. The molecule has 0 bridgehead atoms. The highest BCUT2D eigenvalue weighted by atomic mass is 16.2. The van der Waals surface area contributed by atoms with Gasteiger partial charge < -0.3 is 4.90 Å². The van der Waals surface area contributed by atoms with Crippen molar-refractivity contribution in [3.05, 3.63) is 65.7 Å². The van der Waals surface area contributed by atoms with Gasteiger partial charge in [0.05, 0.1) is 0 Å². The molecule has 3 nitrogen and oxygen atoms in total. The first-order chi connectivity index (χ1) is 10.3. The maximum Gasteiger partial charge on any atom is 0.258 e. The molecule has 3 heteroatoms. The zero-order chi connectivity index (χ0) is 15.1. The van der Waals surface area contributed by atoms with Gasteiger partial charge in [0.2, 0.25) is 0 Å².